The molecule has 0 radical (unpaired) electrons. The SMILES string of the molecule is COC(=O)Nc1nc2c(s1)-c1c(c(-c3cccnc3)nn1-c1ccc(C(=O)O)cc1F)CC2. The van der Waals surface area contributed by atoms with Crippen LogP contribution in [0.5, 0.6) is 0 Å². The fourth-order valence-corrected chi connectivity index (χ4v) is 4.84. The average Bonchev–Trinajstić information content (AvgIpc) is 3.40. The number of aromatic nitrogens is 4. The summed E-state index contributed by atoms with van der Waals surface area (Å²) in [6.45, 7) is 0. The van der Waals surface area contributed by atoms with Gasteiger partial charge in [0.2, 0.25) is 0 Å². The molecule has 33 heavy (non-hydrogen) atoms. The summed E-state index contributed by atoms with van der Waals surface area (Å²) in [7, 11) is 1.26. The van der Waals surface area contributed by atoms with Crippen LogP contribution in [0, 0.1) is 5.82 Å². The Hall–Kier alpha value is -4.12. The quantitative estimate of drug-likeness (QED) is 0.464. The van der Waals surface area contributed by atoms with Gasteiger partial charge < -0.3 is 9.84 Å². The molecule has 0 saturated heterocycles. The number of thiazole rings is 1. The van der Waals surface area contributed by atoms with Gasteiger partial charge >= 0.3 is 12.1 Å². The van der Waals surface area contributed by atoms with Gasteiger partial charge in [0.15, 0.2) is 5.13 Å². The molecule has 1 aromatic carbocycles. The van der Waals surface area contributed by atoms with E-state index in [2.05, 4.69) is 20.0 Å². The topological polar surface area (TPSA) is 119 Å². The van der Waals surface area contributed by atoms with Gasteiger partial charge in [-0.2, -0.15) is 5.10 Å². The number of carbonyl (C=O) groups excluding carboxylic acids is 1. The minimum atomic E-state index is -1.22. The summed E-state index contributed by atoms with van der Waals surface area (Å²) < 4.78 is 21.2. The number of aryl methyl sites for hydroxylation is 1. The van der Waals surface area contributed by atoms with Crippen molar-refractivity contribution in [1.82, 2.24) is 19.7 Å². The standard InChI is InChI=1S/C22H16FN5O4S/c1-32-22(31)26-21-25-15-6-5-13-17(12-3-2-8-24-10-12)27-28(18(13)19(15)33-21)16-7-4-11(20(29)30)9-14(16)23/h2-4,7-10H,5-6H2,1H3,(H,29,30)(H,25,26,31). The summed E-state index contributed by atoms with van der Waals surface area (Å²) in [6.07, 6.45) is 3.91. The molecule has 0 aliphatic heterocycles. The number of fused-ring (bicyclic) bond motifs is 3. The minimum Gasteiger partial charge on any atom is -0.478 e. The first kappa shape index (κ1) is 20.8. The molecule has 5 rings (SSSR count). The third-order valence-corrected chi connectivity index (χ3v) is 6.28. The average molecular weight is 465 g/mol. The fourth-order valence-electron chi connectivity index (χ4n) is 3.78. The lowest BCUT2D eigenvalue weighted by molar-refractivity contribution is 0.0696. The van der Waals surface area contributed by atoms with Crippen LogP contribution >= 0.6 is 11.3 Å². The molecule has 0 saturated carbocycles. The Bertz CT molecular complexity index is 1400. The Morgan fingerprint density at radius 1 is 1.27 bits per heavy atom. The molecule has 1 aliphatic carbocycles. The van der Waals surface area contributed by atoms with E-state index >= 15 is 4.39 Å². The van der Waals surface area contributed by atoms with Crippen molar-refractivity contribution in [2.45, 2.75) is 12.8 Å². The molecule has 3 aromatic heterocycles. The van der Waals surface area contributed by atoms with Gasteiger partial charge in [0.1, 0.15) is 11.5 Å². The van der Waals surface area contributed by atoms with Crippen molar-refractivity contribution in [2.75, 3.05) is 12.4 Å². The lowest BCUT2D eigenvalue weighted by Gasteiger charge is -2.14. The van der Waals surface area contributed by atoms with Crippen molar-refractivity contribution in [2.24, 2.45) is 0 Å². The summed E-state index contributed by atoms with van der Waals surface area (Å²) in [5.41, 5.74) is 3.67. The number of carbonyl (C=O) groups is 2. The maximum absolute atomic E-state index is 15.1. The van der Waals surface area contributed by atoms with Gasteiger partial charge in [0.25, 0.3) is 0 Å². The molecule has 4 aromatic rings. The predicted octanol–water partition coefficient (Wildman–Crippen LogP) is 4.17. The zero-order chi connectivity index (χ0) is 23.1. The third-order valence-electron chi connectivity index (χ3n) is 5.26. The van der Waals surface area contributed by atoms with Gasteiger partial charge in [-0.1, -0.05) is 11.3 Å². The van der Waals surface area contributed by atoms with Crippen molar-refractivity contribution in [3.05, 3.63) is 65.4 Å². The molecule has 11 heteroatoms. The van der Waals surface area contributed by atoms with Crippen LogP contribution in [0.2, 0.25) is 0 Å². The largest absolute Gasteiger partial charge is 0.478 e. The summed E-state index contributed by atoms with van der Waals surface area (Å²) >= 11 is 1.24. The van der Waals surface area contributed by atoms with Crippen LogP contribution in [-0.4, -0.2) is 44.0 Å². The number of halogens is 1. The number of hydrogen-bond acceptors (Lipinski definition) is 7. The van der Waals surface area contributed by atoms with E-state index in [1.165, 1.54) is 35.3 Å². The highest BCUT2D eigenvalue weighted by Gasteiger charge is 2.31. The highest BCUT2D eigenvalue weighted by atomic mass is 32.1. The van der Waals surface area contributed by atoms with Gasteiger partial charge in [0.05, 0.1) is 34.6 Å². The maximum atomic E-state index is 15.1. The number of carboxylic acids is 1. The first-order valence-corrected chi connectivity index (χ1v) is 10.7. The normalized spacial score (nSPS) is 12.1. The Kier molecular flexibility index (Phi) is 5.09. The highest BCUT2D eigenvalue weighted by Crippen LogP contribution is 2.44. The molecule has 2 N–H and O–H groups in total. The third kappa shape index (κ3) is 3.61. The number of benzene rings is 1. The zero-order valence-corrected chi connectivity index (χ0v) is 18.0. The number of rotatable bonds is 4. The number of hydrogen-bond donors (Lipinski definition) is 2. The predicted molar refractivity (Wildman–Crippen MR) is 118 cm³/mol. The second kappa shape index (κ2) is 8.10. The van der Waals surface area contributed by atoms with E-state index in [0.29, 0.717) is 29.4 Å². The molecular formula is C22H16FN5O4S. The van der Waals surface area contributed by atoms with E-state index < -0.39 is 17.9 Å². The van der Waals surface area contributed by atoms with E-state index in [1.54, 1.807) is 18.5 Å². The number of nitrogens with zero attached hydrogens (tertiary/aromatic N) is 4. The summed E-state index contributed by atoms with van der Waals surface area (Å²) in [5.74, 6) is -1.94. The summed E-state index contributed by atoms with van der Waals surface area (Å²) in [5, 5.41) is 16.8. The van der Waals surface area contributed by atoms with Gasteiger partial charge in [-0.05, 0) is 43.2 Å². The first-order valence-electron chi connectivity index (χ1n) is 9.87. The van der Waals surface area contributed by atoms with Crippen LogP contribution in [0.1, 0.15) is 21.6 Å². The molecule has 0 unspecified atom stereocenters. The number of amides is 1. The van der Waals surface area contributed by atoms with Crippen LogP contribution in [-0.2, 0) is 17.6 Å². The molecule has 166 valence electrons. The lowest BCUT2D eigenvalue weighted by atomic mass is 9.95. The molecular weight excluding hydrogens is 449 g/mol. The van der Waals surface area contributed by atoms with Crippen molar-refractivity contribution in [1.29, 1.82) is 0 Å². The van der Waals surface area contributed by atoms with Crippen LogP contribution in [0.15, 0.2) is 42.7 Å². The summed E-state index contributed by atoms with van der Waals surface area (Å²) in [6, 6.07) is 7.36. The highest BCUT2D eigenvalue weighted by molar-refractivity contribution is 7.19. The van der Waals surface area contributed by atoms with Gasteiger partial charge in [0, 0.05) is 23.5 Å². The number of methoxy groups -OCH3 is 1. The fraction of sp³-hybridized carbons (Fsp3) is 0.136. The molecule has 0 fully saturated rings. The van der Waals surface area contributed by atoms with Crippen molar-refractivity contribution < 1.29 is 23.8 Å². The number of anilines is 1. The van der Waals surface area contributed by atoms with Crippen molar-refractivity contribution >= 4 is 28.5 Å². The zero-order valence-electron chi connectivity index (χ0n) is 17.2. The lowest BCUT2D eigenvalue weighted by Crippen LogP contribution is -2.10. The Morgan fingerprint density at radius 2 is 2.12 bits per heavy atom. The number of aromatic carboxylic acids is 1. The van der Waals surface area contributed by atoms with E-state index in [4.69, 9.17) is 5.10 Å². The monoisotopic (exact) mass is 465 g/mol. The van der Waals surface area contributed by atoms with Crippen LogP contribution < -0.4 is 5.32 Å². The smallest absolute Gasteiger partial charge is 0.413 e. The molecule has 3 heterocycles. The second-order valence-electron chi connectivity index (χ2n) is 7.21. The van der Waals surface area contributed by atoms with Gasteiger partial charge in [-0.3, -0.25) is 10.3 Å². The molecule has 0 spiro atoms. The number of carboxylic acid groups (broad SMARTS) is 1. The van der Waals surface area contributed by atoms with Crippen LogP contribution in [0.3, 0.4) is 0 Å². The number of ether oxygens (including phenoxy) is 1. The first-order chi connectivity index (χ1) is 16.0. The minimum absolute atomic E-state index is 0.107. The summed E-state index contributed by atoms with van der Waals surface area (Å²) in [4.78, 5) is 32.3. The van der Waals surface area contributed by atoms with Crippen molar-refractivity contribution in [3.8, 4) is 27.5 Å². The molecule has 9 nitrogen and oxygen atoms in total. The van der Waals surface area contributed by atoms with E-state index in [1.807, 2.05) is 6.07 Å². The molecule has 0 atom stereocenters. The van der Waals surface area contributed by atoms with Gasteiger partial charge in [-0.15, -0.1) is 0 Å². The van der Waals surface area contributed by atoms with Crippen molar-refractivity contribution in [3.63, 3.8) is 0 Å². The molecule has 1 aliphatic rings. The maximum Gasteiger partial charge on any atom is 0.413 e. The molecule has 0 bridgehead atoms. The Morgan fingerprint density at radius 3 is 2.82 bits per heavy atom. The number of nitrogens with one attached hydrogen (secondary N) is 1. The number of pyridine rings is 1. The Balaban J connectivity index is 1.72. The Labute approximate surface area is 190 Å². The van der Waals surface area contributed by atoms with Crippen LogP contribution in [0.4, 0.5) is 14.3 Å². The second-order valence-corrected chi connectivity index (χ2v) is 8.21. The molecule has 1 amide bonds. The van der Waals surface area contributed by atoms with Crippen LogP contribution in [0.25, 0.3) is 27.5 Å². The van der Waals surface area contributed by atoms with Gasteiger partial charge in [-0.25, -0.2) is 23.6 Å². The van der Waals surface area contributed by atoms with E-state index in [0.717, 1.165) is 27.8 Å². The van der Waals surface area contributed by atoms with E-state index in [9.17, 15) is 14.7 Å². The van der Waals surface area contributed by atoms with E-state index in [-0.39, 0.29) is 11.3 Å².